The molecular formula is C19H16N2O5. The van der Waals surface area contributed by atoms with Gasteiger partial charge in [-0.05, 0) is 30.7 Å². The molecule has 0 bridgehead atoms. The lowest BCUT2D eigenvalue weighted by Gasteiger charge is -2.30. The van der Waals surface area contributed by atoms with Gasteiger partial charge in [0.05, 0.1) is 0 Å². The Morgan fingerprint density at radius 1 is 0.769 bits per heavy atom. The van der Waals surface area contributed by atoms with Gasteiger partial charge in [-0.15, -0.1) is 0 Å². The molecule has 2 aliphatic heterocycles. The third-order valence-corrected chi connectivity index (χ3v) is 4.91. The van der Waals surface area contributed by atoms with Crippen molar-refractivity contribution >= 4 is 34.4 Å². The highest BCUT2D eigenvalue weighted by Gasteiger charge is 2.38. The average molecular weight is 352 g/mol. The first-order valence-electron chi connectivity index (χ1n) is 8.24. The summed E-state index contributed by atoms with van der Waals surface area (Å²) in [4.78, 5) is 52.8. The van der Waals surface area contributed by atoms with E-state index in [4.69, 9.17) is 4.74 Å². The SMILES string of the molecule is COCCCN1C(=O)c2ccc3c4c(ccc(c24)C1=O)C(=O)N(C)C3=O. The van der Waals surface area contributed by atoms with Crippen LogP contribution >= 0.6 is 0 Å². The van der Waals surface area contributed by atoms with Crippen molar-refractivity contribution < 1.29 is 23.9 Å². The molecule has 0 unspecified atom stereocenters. The third-order valence-electron chi connectivity index (χ3n) is 4.91. The van der Waals surface area contributed by atoms with Crippen molar-refractivity contribution in [3.63, 3.8) is 0 Å². The zero-order valence-electron chi connectivity index (χ0n) is 14.4. The van der Waals surface area contributed by atoms with Crippen LogP contribution in [0, 0.1) is 0 Å². The zero-order chi connectivity index (χ0) is 18.6. The van der Waals surface area contributed by atoms with E-state index >= 15 is 0 Å². The van der Waals surface area contributed by atoms with Crippen molar-refractivity contribution in [2.75, 3.05) is 27.3 Å². The van der Waals surface area contributed by atoms with Crippen LogP contribution in [0.4, 0.5) is 0 Å². The van der Waals surface area contributed by atoms with Gasteiger partial charge in [0.2, 0.25) is 0 Å². The van der Waals surface area contributed by atoms with Gasteiger partial charge in [0.25, 0.3) is 23.6 Å². The van der Waals surface area contributed by atoms with Crippen LogP contribution in [0.5, 0.6) is 0 Å². The molecule has 0 atom stereocenters. The van der Waals surface area contributed by atoms with Crippen molar-refractivity contribution in [3.05, 3.63) is 46.5 Å². The monoisotopic (exact) mass is 352 g/mol. The Morgan fingerprint density at radius 2 is 1.19 bits per heavy atom. The van der Waals surface area contributed by atoms with Crippen LogP contribution in [0.15, 0.2) is 24.3 Å². The standard InChI is InChI=1S/C19H16N2O5/c1-20-16(22)10-4-6-12-15-13(7-5-11(14(10)15)17(20)23)19(25)21(18(12)24)8-3-9-26-2/h4-7H,3,8-9H2,1-2H3. The molecular weight excluding hydrogens is 336 g/mol. The smallest absolute Gasteiger partial charge is 0.261 e. The number of nitrogens with zero attached hydrogens (tertiary/aromatic N) is 2. The summed E-state index contributed by atoms with van der Waals surface area (Å²) in [5, 5.41) is 0.791. The molecule has 0 aromatic heterocycles. The van der Waals surface area contributed by atoms with E-state index in [1.807, 2.05) is 0 Å². The fourth-order valence-corrected chi connectivity index (χ4v) is 3.62. The maximum atomic E-state index is 12.8. The van der Waals surface area contributed by atoms with E-state index < -0.39 is 23.6 Å². The van der Waals surface area contributed by atoms with Crippen LogP contribution in [0.25, 0.3) is 10.8 Å². The number of carbonyl (C=O) groups excluding carboxylic acids is 4. The van der Waals surface area contributed by atoms with Crippen LogP contribution in [-0.2, 0) is 4.74 Å². The maximum Gasteiger partial charge on any atom is 0.261 e. The van der Waals surface area contributed by atoms with Gasteiger partial charge in [-0.2, -0.15) is 0 Å². The van der Waals surface area contributed by atoms with Gasteiger partial charge in [-0.1, -0.05) is 0 Å². The molecule has 0 radical (unpaired) electrons. The van der Waals surface area contributed by atoms with Gasteiger partial charge < -0.3 is 4.74 Å². The minimum atomic E-state index is -0.436. The van der Waals surface area contributed by atoms with Gasteiger partial charge in [0.15, 0.2) is 0 Å². The van der Waals surface area contributed by atoms with Crippen molar-refractivity contribution in [2.45, 2.75) is 6.42 Å². The second-order valence-electron chi connectivity index (χ2n) is 6.35. The topological polar surface area (TPSA) is 84.0 Å². The first-order valence-corrected chi connectivity index (χ1v) is 8.24. The second kappa shape index (κ2) is 5.74. The van der Waals surface area contributed by atoms with Gasteiger partial charge >= 0.3 is 0 Å². The molecule has 4 rings (SSSR count). The molecule has 2 aromatic carbocycles. The molecule has 0 spiro atoms. The quantitative estimate of drug-likeness (QED) is 0.618. The number of benzene rings is 2. The number of methoxy groups -OCH3 is 1. The number of ether oxygens (including phenoxy) is 1. The molecule has 7 nitrogen and oxygen atoms in total. The molecule has 26 heavy (non-hydrogen) atoms. The van der Waals surface area contributed by atoms with E-state index in [1.165, 1.54) is 11.9 Å². The Morgan fingerprint density at radius 3 is 1.62 bits per heavy atom. The number of hydrogen-bond acceptors (Lipinski definition) is 5. The Kier molecular flexibility index (Phi) is 3.62. The summed E-state index contributed by atoms with van der Waals surface area (Å²) in [5.74, 6) is -1.70. The van der Waals surface area contributed by atoms with E-state index in [1.54, 1.807) is 31.4 Å². The number of amides is 4. The highest BCUT2D eigenvalue weighted by Crippen LogP contribution is 2.37. The van der Waals surface area contributed by atoms with Crippen molar-refractivity contribution in [1.29, 1.82) is 0 Å². The summed E-state index contributed by atoms with van der Waals surface area (Å²) >= 11 is 0. The molecule has 7 heteroatoms. The molecule has 0 aliphatic carbocycles. The summed E-state index contributed by atoms with van der Waals surface area (Å²) in [7, 11) is 2.98. The fourth-order valence-electron chi connectivity index (χ4n) is 3.62. The molecule has 2 aliphatic rings. The lowest BCUT2D eigenvalue weighted by atomic mass is 9.86. The summed E-state index contributed by atoms with van der Waals surface area (Å²) in [5.41, 5.74) is 1.33. The van der Waals surface area contributed by atoms with E-state index in [0.717, 1.165) is 4.90 Å². The maximum absolute atomic E-state index is 12.8. The first-order chi connectivity index (χ1) is 12.5. The number of hydrogen-bond donors (Lipinski definition) is 0. The van der Waals surface area contributed by atoms with Gasteiger partial charge in [-0.3, -0.25) is 29.0 Å². The highest BCUT2D eigenvalue weighted by atomic mass is 16.5. The van der Waals surface area contributed by atoms with E-state index in [2.05, 4.69) is 0 Å². The summed E-state index contributed by atoms with van der Waals surface area (Å²) in [6.45, 7) is 0.684. The summed E-state index contributed by atoms with van der Waals surface area (Å²) < 4.78 is 4.99. The fraction of sp³-hybridized carbons (Fsp3) is 0.263. The molecule has 0 fully saturated rings. The van der Waals surface area contributed by atoms with Crippen LogP contribution in [-0.4, -0.2) is 60.7 Å². The number of rotatable bonds is 4. The summed E-state index contributed by atoms with van der Waals surface area (Å²) in [6, 6.07) is 6.23. The number of imide groups is 2. The zero-order valence-corrected chi connectivity index (χ0v) is 14.4. The Labute approximate surface area is 149 Å². The van der Waals surface area contributed by atoms with Crippen molar-refractivity contribution in [1.82, 2.24) is 9.80 Å². The van der Waals surface area contributed by atoms with Crippen LogP contribution in [0.3, 0.4) is 0 Å². The average Bonchev–Trinajstić information content (AvgIpc) is 2.65. The van der Waals surface area contributed by atoms with Crippen LogP contribution < -0.4 is 0 Å². The number of carbonyl (C=O) groups is 4. The molecule has 0 saturated carbocycles. The van der Waals surface area contributed by atoms with Crippen LogP contribution in [0.1, 0.15) is 47.9 Å². The van der Waals surface area contributed by atoms with E-state index in [0.29, 0.717) is 46.1 Å². The predicted octanol–water partition coefficient (Wildman–Crippen LogP) is 1.70. The lowest BCUT2D eigenvalue weighted by Crippen LogP contribution is -2.42. The third kappa shape index (κ3) is 2.04. The molecule has 132 valence electrons. The lowest BCUT2D eigenvalue weighted by molar-refractivity contribution is 0.0587. The Balaban J connectivity index is 1.94. The molecule has 0 N–H and O–H groups in total. The van der Waals surface area contributed by atoms with Gasteiger partial charge in [0, 0.05) is 60.3 Å². The minimum absolute atomic E-state index is 0.247. The summed E-state index contributed by atoms with van der Waals surface area (Å²) in [6.07, 6.45) is 0.532. The first kappa shape index (κ1) is 16.4. The predicted molar refractivity (Wildman–Crippen MR) is 92.2 cm³/mol. The Bertz CT molecular complexity index is 940. The van der Waals surface area contributed by atoms with Crippen molar-refractivity contribution in [2.24, 2.45) is 0 Å². The molecule has 2 heterocycles. The van der Waals surface area contributed by atoms with Crippen LogP contribution in [0.2, 0.25) is 0 Å². The molecule has 2 aromatic rings. The normalized spacial score (nSPS) is 16.1. The molecule has 4 amide bonds. The minimum Gasteiger partial charge on any atom is -0.385 e. The van der Waals surface area contributed by atoms with E-state index in [9.17, 15) is 19.2 Å². The second-order valence-corrected chi connectivity index (χ2v) is 6.35. The highest BCUT2D eigenvalue weighted by molar-refractivity contribution is 6.33. The van der Waals surface area contributed by atoms with Gasteiger partial charge in [0.1, 0.15) is 0 Å². The van der Waals surface area contributed by atoms with E-state index in [-0.39, 0.29) is 6.54 Å². The van der Waals surface area contributed by atoms with Gasteiger partial charge in [-0.25, -0.2) is 0 Å². The molecule has 0 saturated heterocycles. The van der Waals surface area contributed by atoms with Crippen molar-refractivity contribution in [3.8, 4) is 0 Å². The largest absolute Gasteiger partial charge is 0.385 e. The Hall–Kier alpha value is -3.06.